The van der Waals surface area contributed by atoms with Crippen molar-refractivity contribution in [1.29, 1.82) is 0 Å². The second-order valence-corrected chi connectivity index (χ2v) is 6.57. The lowest BCUT2D eigenvalue weighted by Crippen LogP contribution is -2.54. The Bertz CT molecular complexity index is 967. The standard InChI is InChI=1S/C21H19ClN2O4/c1-3-13-5-7-16(8-6-13)24-20(26)18(19(25)23-21(24)27)11-14-9-15(22)12-17(10-14)28-4-2/h5-12H,3-4H2,1-2H3,(H,23,25,27)/b18-11+. The summed E-state index contributed by atoms with van der Waals surface area (Å²) >= 11 is 6.09. The molecule has 1 N–H and O–H groups in total. The highest BCUT2D eigenvalue weighted by molar-refractivity contribution is 6.39. The first-order chi connectivity index (χ1) is 13.4. The first-order valence-corrected chi connectivity index (χ1v) is 9.24. The van der Waals surface area contributed by atoms with Crippen molar-refractivity contribution in [2.75, 3.05) is 11.5 Å². The van der Waals surface area contributed by atoms with Crippen molar-refractivity contribution in [2.24, 2.45) is 0 Å². The van der Waals surface area contributed by atoms with Gasteiger partial charge in [0.15, 0.2) is 0 Å². The predicted molar refractivity (Wildman–Crippen MR) is 107 cm³/mol. The van der Waals surface area contributed by atoms with Crippen LogP contribution in [0.1, 0.15) is 25.0 Å². The van der Waals surface area contributed by atoms with E-state index in [9.17, 15) is 14.4 Å². The van der Waals surface area contributed by atoms with Crippen molar-refractivity contribution in [1.82, 2.24) is 5.32 Å². The molecule has 2 aromatic carbocycles. The number of rotatable bonds is 5. The number of carbonyl (C=O) groups is 3. The van der Waals surface area contributed by atoms with Crippen LogP contribution in [-0.2, 0) is 16.0 Å². The third kappa shape index (κ3) is 4.07. The summed E-state index contributed by atoms with van der Waals surface area (Å²) in [6, 6.07) is 11.2. The Balaban J connectivity index is 1.98. The van der Waals surface area contributed by atoms with E-state index in [0.717, 1.165) is 16.9 Å². The number of barbiturate groups is 1. The summed E-state index contributed by atoms with van der Waals surface area (Å²) in [5.74, 6) is -0.932. The summed E-state index contributed by atoms with van der Waals surface area (Å²) in [6.07, 6.45) is 2.23. The minimum atomic E-state index is -0.780. The molecule has 0 saturated carbocycles. The fraction of sp³-hybridized carbons (Fsp3) is 0.190. The number of nitrogens with zero attached hydrogens (tertiary/aromatic N) is 1. The van der Waals surface area contributed by atoms with Crippen LogP contribution in [0.2, 0.25) is 5.02 Å². The first-order valence-electron chi connectivity index (χ1n) is 8.86. The molecule has 0 radical (unpaired) electrons. The van der Waals surface area contributed by atoms with Crippen LogP contribution in [0.3, 0.4) is 0 Å². The molecule has 0 aromatic heterocycles. The van der Waals surface area contributed by atoms with Crippen LogP contribution in [0, 0.1) is 0 Å². The lowest BCUT2D eigenvalue weighted by Gasteiger charge is -2.26. The molecule has 144 valence electrons. The van der Waals surface area contributed by atoms with E-state index >= 15 is 0 Å². The number of carbonyl (C=O) groups excluding carboxylic acids is 3. The van der Waals surface area contributed by atoms with E-state index in [1.54, 1.807) is 30.3 Å². The average Bonchev–Trinajstić information content (AvgIpc) is 2.65. The van der Waals surface area contributed by atoms with Gasteiger partial charge in [-0.3, -0.25) is 14.9 Å². The van der Waals surface area contributed by atoms with Crippen molar-refractivity contribution in [3.8, 4) is 5.75 Å². The lowest BCUT2D eigenvalue weighted by molar-refractivity contribution is -0.122. The van der Waals surface area contributed by atoms with Gasteiger partial charge in [0.1, 0.15) is 11.3 Å². The number of amides is 4. The van der Waals surface area contributed by atoms with Crippen LogP contribution < -0.4 is 15.0 Å². The van der Waals surface area contributed by atoms with Crippen molar-refractivity contribution >= 4 is 41.2 Å². The topological polar surface area (TPSA) is 75.7 Å². The van der Waals surface area contributed by atoms with Crippen LogP contribution >= 0.6 is 11.6 Å². The quantitative estimate of drug-likeness (QED) is 0.610. The van der Waals surface area contributed by atoms with E-state index in [2.05, 4.69) is 5.32 Å². The highest BCUT2D eigenvalue weighted by Gasteiger charge is 2.36. The number of anilines is 1. The number of nitrogens with one attached hydrogen (secondary N) is 1. The number of benzene rings is 2. The number of urea groups is 1. The molecule has 7 heteroatoms. The molecule has 2 aromatic rings. The lowest BCUT2D eigenvalue weighted by atomic mass is 10.1. The Morgan fingerprint density at radius 2 is 1.79 bits per heavy atom. The minimum absolute atomic E-state index is 0.163. The highest BCUT2D eigenvalue weighted by Crippen LogP contribution is 2.26. The summed E-state index contributed by atoms with van der Waals surface area (Å²) in [6.45, 7) is 4.30. The zero-order valence-corrected chi connectivity index (χ0v) is 16.2. The van der Waals surface area contributed by atoms with Gasteiger partial charge in [0.05, 0.1) is 12.3 Å². The van der Waals surface area contributed by atoms with Gasteiger partial charge in [-0.2, -0.15) is 0 Å². The predicted octanol–water partition coefficient (Wildman–Crippen LogP) is 3.97. The molecule has 0 unspecified atom stereocenters. The third-order valence-electron chi connectivity index (χ3n) is 4.22. The molecule has 0 atom stereocenters. The van der Waals surface area contributed by atoms with Gasteiger partial charge in [0.2, 0.25) is 0 Å². The molecule has 0 bridgehead atoms. The Labute approximate surface area is 167 Å². The molecule has 1 aliphatic rings. The van der Waals surface area contributed by atoms with E-state index in [-0.39, 0.29) is 5.57 Å². The van der Waals surface area contributed by atoms with E-state index in [1.165, 1.54) is 6.08 Å². The second kappa shape index (κ2) is 8.27. The van der Waals surface area contributed by atoms with E-state index in [0.29, 0.717) is 28.6 Å². The maximum Gasteiger partial charge on any atom is 0.335 e. The van der Waals surface area contributed by atoms with Crippen LogP contribution in [0.4, 0.5) is 10.5 Å². The molecule has 1 aliphatic heterocycles. The van der Waals surface area contributed by atoms with Crippen LogP contribution in [0.15, 0.2) is 48.0 Å². The Morgan fingerprint density at radius 3 is 2.43 bits per heavy atom. The molecule has 1 fully saturated rings. The van der Waals surface area contributed by atoms with E-state index in [4.69, 9.17) is 16.3 Å². The number of ether oxygens (including phenoxy) is 1. The summed E-state index contributed by atoms with van der Waals surface area (Å²) < 4.78 is 5.44. The van der Waals surface area contributed by atoms with Gasteiger partial charge in [0.25, 0.3) is 11.8 Å². The van der Waals surface area contributed by atoms with Gasteiger partial charge in [-0.25, -0.2) is 9.69 Å². The molecule has 0 aliphatic carbocycles. The molecule has 3 rings (SSSR count). The second-order valence-electron chi connectivity index (χ2n) is 6.13. The number of aryl methyl sites for hydroxylation is 1. The summed E-state index contributed by atoms with van der Waals surface area (Å²) in [5.41, 5.74) is 1.82. The Kier molecular flexibility index (Phi) is 5.80. The number of imide groups is 2. The van der Waals surface area contributed by atoms with Crippen molar-refractivity contribution in [3.05, 3.63) is 64.2 Å². The number of halogens is 1. The number of hydrogen-bond donors (Lipinski definition) is 1. The van der Waals surface area contributed by atoms with Crippen molar-refractivity contribution < 1.29 is 19.1 Å². The molecule has 1 heterocycles. The Hall–Kier alpha value is -3.12. The first kappa shape index (κ1) is 19.6. The number of hydrogen-bond acceptors (Lipinski definition) is 4. The zero-order valence-electron chi connectivity index (χ0n) is 15.5. The van der Waals surface area contributed by atoms with Gasteiger partial charge in [-0.1, -0.05) is 30.7 Å². The maximum absolute atomic E-state index is 12.9. The molecule has 1 saturated heterocycles. The molecule has 4 amide bonds. The monoisotopic (exact) mass is 398 g/mol. The van der Waals surface area contributed by atoms with Crippen LogP contribution in [0.25, 0.3) is 6.08 Å². The van der Waals surface area contributed by atoms with Gasteiger partial charge in [-0.15, -0.1) is 0 Å². The summed E-state index contributed by atoms with van der Waals surface area (Å²) in [7, 11) is 0. The summed E-state index contributed by atoms with van der Waals surface area (Å²) in [5, 5.41) is 2.61. The molecule has 28 heavy (non-hydrogen) atoms. The SMILES string of the molecule is CCOc1cc(Cl)cc(/C=C2\C(=O)NC(=O)N(c3ccc(CC)cc3)C2=O)c1. The van der Waals surface area contributed by atoms with Gasteiger partial charge in [-0.05, 0) is 60.9 Å². The normalized spacial score (nSPS) is 15.8. The highest BCUT2D eigenvalue weighted by atomic mass is 35.5. The van der Waals surface area contributed by atoms with Crippen LogP contribution in [0.5, 0.6) is 5.75 Å². The largest absolute Gasteiger partial charge is 0.494 e. The third-order valence-corrected chi connectivity index (χ3v) is 4.44. The van der Waals surface area contributed by atoms with Crippen molar-refractivity contribution in [2.45, 2.75) is 20.3 Å². The molecule has 6 nitrogen and oxygen atoms in total. The molecule has 0 spiro atoms. The van der Waals surface area contributed by atoms with Crippen molar-refractivity contribution in [3.63, 3.8) is 0 Å². The zero-order chi connectivity index (χ0) is 20.3. The smallest absolute Gasteiger partial charge is 0.335 e. The maximum atomic E-state index is 12.9. The average molecular weight is 399 g/mol. The van der Waals surface area contributed by atoms with Gasteiger partial charge < -0.3 is 4.74 Å². The molecular weight excluding hydrogens is 380 g/mol. The van der Waals surface area contributed by atoms with E-state index in [1.807, 2.05) is 26.0 Å². The van der Waals surface area contributed by atoms with E-state index < -0.39 is 17.8 Å². The fourth-order valence-corrected chi connectivity index (χ4v) is 3.09. The van der Waals surface area contributed by atoms with Crippen LogP contribution in [-0.4, -0.2) is 24.5 Å². The van der Waals surface area contributed by atoms with Gasteiger partial charge >= 0.3 is 6.03 Å². The molecular formula is C21H19ClN2O4. The van der Waals surface area contributed by atoms with Gasteiger partial charge in [0, 0.05) is 5.02 Å². The summed E-state index contributed by atoms with van der Waals surface area (Å²) in [4.78, 5) is 38.4. The fourth-order valence-electron chi connectivity index (χ4n) is 2.86. The Morgan fingerprint density at radius 1 is 1.07 bits per heavy atom. The minimum Gasteiger partial charge on any atom is -0.494 e.